The molecule has 9 nitrogen and oxygen atoms in total. The number of carboxylic acid groups (broad SMARTS) is 1. The number of hydrogen-bond acceptors (Lipinski definition) is 7. The Morgan fingerprint density at radius 2 is 2.03 bits per heavy atom. The van der Waals surface area contributed by atoms with Crippen molar-refractivity contribution in [1.29, 1.82) is 5.26 Å². The van der Waals surface area contributed by atoms with Gasteiger partial charge < -0.3 is 19.7 Å². The minimum absolute atomic E-state index is 0.262. The van der Waals surface area contributed by atoms with Crippen LogP contribution in [-0.4, -0.2) is 25.6 Å². The van der Waals surface area contributed by atoms with Crippen LogP contribution in [0.25, 0.3) is 10.9 Å². The van der Waals surface area contributed by atoms with Gasteiger partial charge in [0.2, 0.25) is 17.3 Å². The van der Waals surface area contributed by atoms with E-state index >= 15 is 0 Å². The molecule has 0 fully saturated rings. The van der Waals surface area contributed by atoms with E-state index in [0.717, 1.165) is 6.42 Å². The lowest BCUT2D eigenvalue weighted by Crippen LogP contribution is -2.19. The van der Waals surface area contributed by atoms with Crippen LogP contribution >= 0.6 is 15.9 Å². The number of nitrogens with zero attached hydrogens (tertiary/aromatic N) is 4. The van der Waals surface area contributed by atoms with Gasteiger partial charge in [-0.3, -0.25) is 4.79 Å². The molecule has 0 radical (unpaired) electrons. The molecule has 0 amide bonds. The number of halogens is 1. The molecule has 0 saturated carbocycles. The summed E-state index contributed by atoms with van der Waals surface area (Å²) < 4.78 is 8.18. The predicted octanol–water partition coefficient (Wildman–Crippen LogP) is 5.07. The number of rotatable bonds is 7. The summed E-state index contributed by atoms with van der Waals surface area (Å²) in [6.07, 6.45) is 3.65. The van der Waals surface area contributed by atoms with Crippen molar-refractivity contribution in [1.82, 2.24) is 14.5 Å². The molecule has 0 saturated heterocycles. The van der Waals surface area contributed by atoms with E-state index in [1.54, 1.807) is 47.0 Å². The Hall–Kier alpha value is -4.23. The number of pyridine rings is 1. The second-order valence-electron chi connectivity index (χ2n) is 7.30. The van der Waals surface area contributed by atoms with Gasteiger partial charge in [-0.25, -0.2) is 9.78 Å². The van der Waals surface area contributed by atoms with Crippen molar-refractivity contribution in [3.8, 4) is 17.7 Å². The summed E-state index contributed by atoms with van der Waals surface area (Å²) in [7, 11) is 0. The quantitative estimate of drug-likeness (QED) is 0.346. The molecule has 2 aromatic heterocycles. The van der Waals surface area contributed by atoms with Gasteiger partial charge in [-0.05, 0) is 52.7 Å². The maximum Gasteiger partial charge on any atom is 0.341 e. The largest absolute Gasteiger partial charge is 0.477 e. The number of benzene rings is 2. The second kappa shape index (κ2) is 9.72. The lowest BCUT2D eigenvalue weighted by molar-refractivity contribution is 0.0695. The summed E-state index contributed by atoms with van der Waals surface area (Å²) in [6.45, 7) is 2.49. The molecular weight excluding hydrogens is 502 g/mol. The van der Waals surface area contributed by atoms with Gasteiger partial charge >= 0.3 is 5.97 Å². The molecule has 2 heterocycles. The van der Waals surface area contributed by atoms with Crippen LogP contribution in [-0.2, 0) is 6.54 Å². The molecule has 4 aromatic rings. The molecule has 0 aliphatic rings. The Morgan fingerprint density at radius 1 is 1.26 bits per heavy atom. The van der Waals surface area contributed by atoms with Crippen LogP contribution in [0.15, 0.2) is 64.1 Å². The Morgan fingerprint density at radius 3 is 2.71 bits per heavy atom. The van der Waals surface area contributed by atoms with E-state index in [9.17, 15) is 14.7 Å². The standard InChI is InChI=1S/C24H18BrN5O4/c1-2-9-30-13-17(23(32)33)22(31)16-10-18(25)20(11-19(16)30)34-21-7-8-27-24(29-21)28-15-5-3-14(12-26)4-6-15/h3-8,10-11,13H,2,9H2,1H3,(H,32,33)(H,27,28,29). The average molecular weight is 520 g/mol. The number of nitriles is 1. The molecule has 0 aliphatic heterocycles. The highest BCUT2D eigenvalue weighted by Gasteiger charge is 2.17. The summed E-state index contributed by atoms with van der Waals surface area (Å²) in [5, 5.41) is 21.7. The summed E-state index contributed by atoms with van der Waals surface area (Å²) >= 11 is 3.41. The smallest absolute Gasteiger partial charge is 0.341 e. The molecular formula is C24H18BrN5O4. The highest BCUT2D eigenvalue weighted by atomic mass is 79.9. The number of aryl methyl sites for hydroxylation is 1. The highest BCUT2D eigenvalue weighted by molar-refractivity contribution is 9.10. The molecule has 34 heavy (non-hydrogen) atoms. The molecule has 0 unspecified atom stereocenters. The number of hydrogen-bond donors (Lipinski definition) is 2. The predicted molar refractivity (Wildman–Crippen MR) is 130 cm³/mol. The van der Waals surface area contributed by atoms with E-state index in [1.807, 2.05) is 6.92 Å². The van der Waals surface area contributed by atoms with Crippen LogP contribution in [0.1, 0.15) is 29.3 Å². The Balaban J connectivity index is 1.68. The zero-order valence-electron chi connectivity index (χ0n) is 17.9. The summed E-state index contributed by atoms with van der Waals surface area (Å²) in [4.78, 5) is 32.8. The number of nitrogens with one attached hydrogen (secondary N) is 1. The van der Waals surface area contributed by atoms with Crippen molar-refractivity contribution in [2.24, 2.45) is 0 Å². The van der Waals surface area contributed by atoms with E-state index in [-0.39, 0.29) is 16.8 Å². The third-order valence-electron chi connectivity index (χ3n) is 4.94. The number of anilines is 2. The number of aromatic carboxylic acids is 1. The lowest BCUT2D eigenvalue weighted by Gasteiger charge is -2.14. The molecule has 2 aromatic carbocycles. The molecule has 10 heteroatoms. The first-order valence-corrected chi connectivity index (χ1v) is 11.1. The first-order valence-electron chi connectivity index (χ1n) is 10.3. The Kier molecular flexibility index (Phi) is 6.56. The van der Waals surface area contributed by atoms with E-state index in [2.05, 4.69) is 37.3 Å². The van der Waals surface area contributed by atoms with Gasteiger partial charge in [-0.15, -0.1) is 0 Å². The number of fused-ring (bicyclic) bond motifs is 1. The second-order valence-corrected chi connectivity index (χ2v) is 8.16. The molecule has 0 bridgehead atoms. The number of aromatic nitrogens is 3. The van der Waals surface area contributed by atoms with Crippen LogP contribution in [0.4, 0.5) is 11.6 Å². The van der Waals surface area contributed by atoms with Crippen LogP contribution in [0.3, 0.4) is 0 Å². The van der Waals surface area contributed by atoms with Gasteiger partial charge in [0.05, 0.1) is 21.6 Å². The van der Waals surface area contributed by atoms with E-state index in [1.165, 1.54) is 12.4 Å². The van der Waals surface area contributed by atoms with Crippen molar-refractivity contribution < 1.29 is 14.6 Å². The summed E-state index contributed by atoms with van der Waals surface area (Å²) in [5.74, 6) is -0.301. The van der Waals surface area contributed by atoms with E-state index in [0.29, 0.717) is 39.5 Å². The van der Waals surface area contributed by atoms with Crippen molar-refractivity contribution in [3.05, 3.63) is 80.7 Å². The van der Waals surface area contributed by atoms with Gasteiger partial charge in [0.15, 0.2) is 0 Å². The maximum absolute atomic E-state index is 12.7. The van der Waals surface area contributed by atoms with Gasteiger partial charge in [-0.1, -0.05) is 6.92 Å². The van der Waals surface area contributed by atoms with Crippen molar-refractivity contribution >= 4 is 44.4 Å². The van der Waals surface area contributed by atoms with Crippen molar-refractivity contribution in [2.75, 3.05) is 5.32 Å². The zero-order chi connectivity index (χ0) is 24.2. The Bertz CT molecular complexity index is 1490. The van der Waals surface area contributed by atoms with Crippen LogP contribution in [0.5, 0.6) is 11.6 Å². The fourth-order valence-electron chi connectivity index (χ4n) is 3.38. The van der Waals surface area contributed by atoms with E-state index in [4.69, 9.17) is 10.00 Å². The third kappa shape index (κ3) is 4.74. The molecule has 0 spiro atoms. The SMILES string of the molecule is CCCn1cc(C(=O)O)c(=O)c2cc(Br)c(Oc3ccnc(Nc4ccc(C#N)cc4)n3)cc21. The van der Waals surface area contributed by atoms with E-state index < -0.39 is 11.4 Å². The molecule has 0 aliphatic carbocycles. The van der Waals surface area contributed by atoms with Gasteiger partial charge in [0.25, 0.3) is 0 Å². The highest BCUT2D eigenvalue weighted by Crippen LogP contribution is 2.33. The molecule has 0 atom stereocenters. The average Bonchev–Trinajstić information content (AvgIpc) is 2.82. The van der Waals surface area contributed by atoms with Crippen LogP contribution in [0, 0.1) is 11.3 Å². The monoisotopic (exact) mass is 519 g/mol. The normalized spacial score (nSPS) is 10.6. The lowest BCUT2D eigenvalue weighted by atomic mass is 10.1. The van der Waals surface area contributed by atoms with Gasteiger partial charge in [-0.2, -0.15) is 10.2 Å². The molecule has 4 rings (SSSR count). The zero-order valence-corrected chi connectivity index (χ0v) is 19.5. The Labute approximate surface area is 202 Å². The number of carboxylic acids is 1. The minimum atomic E-state index is -1.27. The summed E-state index contributed by atoms with van der Waals surface area (Å²) in [5.41, 5.74) is 0.969. The fourth-order valence-corrected chi connectivity index (χ4v) is 3.80. The fraction of sp³-hybridized carbons (Fsp3) is 0.125. The van der Waals surface area contributed by atoms with Crippen molar-refractivity contribution in [2.45, 2.75) is 19.9 Å². The van der Waals surface area contributed by atoms with Crippen LogP contribution in [0.2, 0.25) is 0 Å². The van der Waals surface area contributed by atoms with Crippen molar-refractivity contribution in [3.63, 3.8) is 0 Å². The van der Waals surface area contributed by atoms with Gasteiger partial charge in [0, 0.05) is 42.1 Å². The third-order valence-corrected chi connectivity index (χ3v) is 5.56. The topological polar surface area (TPSA) is 130 Å². The first kappa shape index (κ1) is 22.9. The summed E-state index contributed by atoms with van der Waals surface area (Å²) in [6, 6.07) is 13.7. The first-order chi connectivity index (χ1) is 16.4. The molecule has 170 valence electrons. The van der Waals surface area contributed by atoms with Gasteiger partial charge in [0.1, 0.15) is 11.3 Å². The number of ether oxygens (including phenoxy) is 1. The minimum Gasteiger partial charge on any atom is -0.477 e. The number of carbonyl (C=O) groups is 1. The molecule has 2 N–H and O–H groups in total. The maximum atomic E-state index is 12.7. The van der Waals surface area contributed by atoms with Crippen LogP contribution < -0.4 is 15.5 Å².